The molecule has 3 rings (SSSR count). The van der Waals surface area contributed by atoms with Gasteiger partial charge in [0, 0.05) is 17.0 Å². The standard InChI is InChI=1S/C17H17N3O4S2/c1-18-26(23,24)12-8-6-11(7-9-12)19-16(21)10-15-17(22)20-13-4-2-3-5-14(13)25-15/h2-9,15,18H,10H2,1H3,(H,19,21)(H,20,22)/t15-/m0/s1. The van der Waals surface area contributed by atoms with Crippen molar-refractivity contribution in [2.75, 3.05) is 17.7 Å². The Morgan fingerprint density at radius 2 is 1.85 bits per heavy atom. The maximum absolute atomic E-state index is 12.2. The van der Waals surface area contributed by atoms with Gasteiger partial charge >= 0.3 is 0 Å². The third kappa shape index (κ3) is 4.06. The van der Waals surface area contributed by atoms with E-state index in [-0.39, 0.29) is 23.1 Å². The molecule has 7 nitrogen and oxygen atoms in total. The van der Waals surface area contributed by atoms with Gasteiger partial charge in [0.25, 0.3) is 0 Å². The molecule has 0 aromatic heterocycles. The predicted octanol–water partition coefficient (Wildman–Crippen LogP) is 2.04. The molecule has 0 unspecified atom stereocenters. The Kier molecular flexibility index (Phi) is 5.30. The van der Waals surface area contributed by atoms with Crippen molar-refractivity contribution in [1.82, 2.24) is 4.72 Å². The number of sulfonamides is 1. The largest absolute Gasteiger partial charge is 0.326 e. The summed E-state index contributed by atoms with van der Waals surface area (Å²) in [5.74, 6) is -0.527. The zero-order chi connectivity index (χ0) is 18.7. The van der Waals surface area contributed by atoms with Crippen molar-refractivity contribution in [2.24, 2.45) is 0 Å². The normalized spacial score (nSPS) is 16.5. The van der Waals surface area contributed by atoms with E-state index < -0.39 is 15.3 Å². The smallest absolute Gasteiger partial charge is 0.240 e. The number of carbonyl (C=O) groups excluding carboxylic acids is 2. The molecule has 1 atom stereocenters. The van der Waals surface area contributed by atoms with Crippen molar-refractivity contribution in [3.8, 4) is 0 Å². The van der Waals surface area contributed by atoms with E-state index in [0.717, 1.165) is 10.6 Å². The Bertz CT molecular complexity index is 943. The molecule has 26 heavy (non-hydrogen) atoms. The molecule has 0 aliphatic carbocycles. The molecule has 2 aromatic carbocycles. The van der Waals surface area contributed by atoms with Gasteiger partial charge in [-0.3, -0.25) is 9.59 Å². The SMILES string of the molecule is CNS(=O)(=O)c1ccc(NC(=O)C[C@@H]2Sc3ccccc3NC2=O)cc1. The summed E-state index contributed by atoms with van der Waals surface area (Å²) in [6, 6.07) is 13.2. The third-order valence-corrected chi connectivity index (χ3v) is 6.50. The molecule has 0 bridgehead atoms. The molecule has 2 amide bonds. The number of amides is 2. The van der Waals surface area contributed by atoms with Crippen LogP contribution < -0.4 is 15.4 Å². The average molecular weight is 391 g/mol. The van der Waals surface area contributed by atoms with Crippen LogP contribution in [0.1, 0.15) is 6.42 Å². The molecule has 136 valence electrons. The number of benzene rings is 2. The molecule has 1 heterocycles. The van der Waals surface area contributed by atoms with Gasteiger partial charge in [-0.1, -0.05) is 12.1 Å². The summed E-state index contributed by atoms with van der Waals surface area (Å²) in [7, 11) is -2.19. The highest BCUT2D eigenvalue weighted by molar-refractivity contribution is 8.01. The number of para-hydroxylation sites is 1. The summed E-state index contributed by atoms with van der Waals surface area (Å²) >= 11 is 1.35. The van der Waals surface area contributed by atoms with E-state index in [0.29, 0.717) is 5.69 Å². The van der Waals surface area contributed by atoms with Crippen molar-refractivity contribution in [3.63, 3.8) is 0 Å². The maximum atomic E-state index is 12.2. The van der Waals surface area contributed by atoms with Gasteiger partial charge in [-0.15, -0.1) is 11.8 Å². The van der Waals surface area contributed by atoms with Crippen molar-refractivity contribution >= 4 is 45.0 Å². The Balaban J connectivity index is 1.63. The number of rotatable bonds is 5. The van der Waals surface area contributed by atoms with Crippen molar-refractivity contribution < 1.29 is 18.0 Å². The van der Waals surface area contributed by atoms with Crippen LogP contribution in [0.4, 0.5) is 11.4 Å². The van der Waals surface area contributed by atoms with E-state index >= 15 is 0 Å². The Labute approximate surface area is 155 Å². The van der Waals surface area contributed by atoms with Gasteiger partial charge in [-0.2, -0.15) is 0 Å². The van der Waals surface area contributed by atoms with Crippen molar-refractivity contribution in [1.29, 1.82) is 0 Å². The monoisotopic (exact) mass is 391 g/mol. The zero-order valence-corrected chi connectivity index (χ0v) is 15.5. The van der Waals surface area contributed by atoms with Crippen LogP contribution in [0.15, 0.2) is 58.3 Å². The highest BCUT2D eigenvalue weighted by Gasteiger charge is 2.28. The van der Waals surface area contributed by atoms with Crippen LogP contribution in [-0.2, 0) is 19.6 Å². The second-order valence-electron chi connectivity index (χ2n) is 5.58. The summed E-state index contributed by atoms with van der Waals surface area (Å²) < 4.78 is 25.6. The Hall–Kier alpha value is -2.36. The quantitative estimate of drug-likeness (QED) is 0.723. The fourth-order valence-electron chi connectivity index (χ4n) is 2.44. The van der Waals surface area contributed by atoms with Crippen LogP contribution in [0.5, 0.6) is 0 Å². The lowest BCUT2D eigenvalue weighted by atomic mass is 10.2. The summed E-state index contributed by atoms with van der Waals surface area (Å²) in [5, 5.41) is 4.96. The fraction of sp³-hybridized carbons (Fsp3) is 0.176. The van der Waals surface area contributed by atoms with E-state index in [2.05, 4.69) is 15.4 Å². The molecule has 9 heteroatoms. The van der Waals surface area contributed by atoms with Gasteiger partial charge in [0.2, 0.25) is 21.8 Å². The summed E-state index contributed by atoms with van der Waals surface area (Å²) in [5.41, 5.74) is 1.21. The molecule has 1 aliphatic heterocycles. The van der Waals surface area contributed by atoms with Crippen LogP contribution in [-0.4, -0.2) is 32.5 Å². The number of anilines is 2. The molecule has 0 fully saturated rings. The molecule has 1 aliphatic rings. The summed E-state index contributed by atoms with van der Waals surface area (Å²) in [6.07, 6.45) is 0.0153. The molecule has 0 spiro atoms. The average Bonchev–Trinajstić information content (AvgIpc) is 2.63. The molecule has 2 aromatic rings. The first kappa shape index (κ1) is 18.4. The van der Waals surface area contributed by atoms with Crippen LogP contribution in [0, 0.1) is 0 Å². The Morgan fingerprint density at radius 1 is 1.15 bits per heavy atom. The van der Waals surface area contributed by atoms with Gasteiger partial charge < -0.3 is 10.6 Å². The molecule has 0 saturated carbocycles. The highest BCUT2D eigenvalue weighted by atomic mass is 32.2. The highest BCUT2D eigenvalue weighted by Crippen LogP contribution is 2.36. The number of hydrogen-bond acceptors (Lipinski definition) is 5. The third-order valence-electron chi connectivity index (χ3n) is 3.79. The van der Waals surface area contributed by atoms with E-state index in [9.17, 15) is 18.0 Å². The molecule has 0 saturated heterocycles. The van der Waals surface area contributed by atoms with Crippen molar-refractivity contribution in [3.05, 3.63) is 48.5 Å². The fourth-order valence-corrected chi connectivity index (χ4v) is 4.28. The number of carbonyl (C=O) groups is 2. The maximum Gasteiger partial charge on any atom is 0.240 e. The van der Waals surface area contributed by atoms with Gasteiger partial charge in [0.05, 0.1) is 15.8 Å². The van der Waals surface area contributed by atoms with E-state index in [1.165, 1.54) is 43.1 Å². The second-order valence-corrected chi connectivity index (χ2v) is 8.71. The number of hydrogen-bond donors (Lipinski definition) is 3. The first-order valence-corrected chi connectivity index (χ1v) is 10.2. The number of thioether (sulfide) groups is 1. The minimum atomic E-state index is -3.52. The van der Waals surface area contributed by atoms with Crippen LogP contribution in [0.3, 0.4) is 0 Å². The lowest BCUT2D eigenvalue weighted by Gasteiger charge is -2.23. The second kappa shape index (κ2) is 7.48. The number of nitrogens with one attached hydrogen (secondary N) is 3. The summed E-state index contributed by atoms with van der Waals surface area (Å²) in [6.45, 7) is 0. The zero-order valence-electron chi connectivity index (χ0n) is 13.9. The topological polar surface area (TPSA) is 104 Å². The lowest BCUT2D eigenvalue weighted by Crippen LogP contribution is -2.32. The first-order valence-electron chi connectivity index (χ1n) is 7.79. The van der Waals surface area contributed by atoms with E-state index in [1.807, 2.05) is 24.3 Å². The lowest BCUT2D eigenvalue weighted by molar-refractivity contribution is -0.120. The Morgan fingerprint density at radius 3 is 2.54 bits per heavy atom. The van der Waals surface area contributed by atoms with E-state index in [1.54, 1.807) is 0 Å². The molecular formula is C17H17N3O4S2. The van der Waals surface area contributed by atoms with Crippen LogP contribution in [0.2, 0.25) is 0 Å². The minimum Gasteiger partial charge on any atom is -0.326 e. The molecular weight excluding hydrogens is 374 g/mol. The van der Waals surface area contributed by atoms with Gasteiger partial charge in [0.1, 0.15) is 0 Å². The van der Waals surface area contributed by atoms with Crippen LogP contribution in [0.25, 0.3) is 0 Å². The predicted molar refractivity (Wildman–Crippen MR) is 101 cm³/mol. The van der Waals surface area contributed by atoms with Crippen LogP contribution >= 0.6 is 11.8 Å². The van der Waals surface area contributed by atoms with Crippen molar-refractivity contribution in [2.45, 2.75) is 21.5 Å². The molecule has 3 N–H and O–H groups in total. The molecule has 0 radical (unpaired) electrons. The minimum absolute atomic E-state index is 0.0153. The van der Waals surface area contributed by atoms with Gasteiger partial charge in [0.15, 0.2) is 0 Å². The van der Waals surface area contributed by atoms with Gasteiger partial charge in [-0.05, 0) is 43.4 Å². The number of fused-ring (bicyclic) bond motifs is 1. The van der Waals surface area contributed by atoms with Gasteiger partial charge in [-0.25, -0.2) is 13.1 Å². The first-order chi connectivity index (χ1) is 12.4. The van der Waals surface area contributed by atoms with E-state index in [4.69, 9.17) is 0 Å². The summed E-state index contributed by atoms with van der Waals surface area (Å²) in [4.78, 5) is 25.4.